The lowest BCUT2D eigenvalue weighted by atomic mass is 10.2. The van der Waals surface area contributed by atoms with E-state index in [1.807, 2.05) is 24.3 Å². The second-order valence-corrected chi connectivity index (χ2v) is 3.30. The number of guanidine groups is 1. The van der Waals surface area contributed by atoms with Crippen LogP contribution in [0.5, 0.6) is 5.75 Å². The molecule has 98 valence electrons. The summed E-state index contributed by atoms with van der Waals surface area (Å²) in [5.74, 6) is 4.03. The largest absolute Gasteiger partial charge is 0.496 e. The molecule has 0 saturated carbocycles. The van der Waals surface area contributed by atoms with Gasteiger partial charge in [0.05, 0.1) is 13.7 Å². The van der Waals surface area contributed by atoms with Gasteiger partial charge in [-0.25, -0.2) is 0 Å². The number of hydrogen-bond donors (Lipinski definition) is 2. The van der Waals surface area contributed by atoms with E-state index >= 15 is 0 Å². The van der Waals surface area contributed by atoms with Gasteiger partial charge >= 0.3 is 0 Å². The molecule has 0 heterocycles. The fourth-order valence-corrected chi connectivity index (χ4v) is 1.38. The number of benzene rings is 1. The zero-order valence-electron chi connectivity index (χ0n) is 10.6. The Balaban J connectivity index is 0.00000289. The Morgan fingerprint density at radius 1 is 1.39 bits per heavy atom. The summed E-state index contributed by atoms with van der Waals surface area (Å²) < 4.78 is 5.26. The van der Waals surface area contributed by atoms with Crippen molar-refractivity contribution in [3.05, 3.63) is 29.8 Å². The Kier molecular flexibility index (Phi) is 8.84. The van der Waals surface area contributed by atoms with Gasteiger partial charge in [0.25, 0.3) is 0 Å². The Bertz CT molecular complexity index is 426. The van der Waals surface area contributed by atoms with Crippen LogP contribution >= 0.6 is 24.0 Å². The number of halogens is 1. The third-order valence-corrected chi connectivity index (χ3v) is 2.22. The molecule has 1 aromatic carbocycles. The Morgan fingerprint density at radius 2 is 2.11 bits per heavy atom. The third-order valence-electron chi connectivity index (χ3n) is 2.22. The normalized spacial score (nSPS) is 9.94. The maximum absolute atomic E-state index is 5.26. The number of hydrogen-bond acceptors (Lipinski definition) is 2. The van der Waals surface area contributed by atoms with Gasteiger partial charge < -0.3 is 15.4 Å². The number of rotatable bonds is 4. The number of terminal acetylenes is 1. The molecule has 0 spiro atoms. The van der Waals surface area contributed by atoms with Crippen molar-refractivity contribution >= 4 is 29.9 Å². The van der Waals surface area contributed by atoms with Crippen LogP contribution < -0.4 is 15.4 Å². The summed E-state index contributed by atoms with van der Waals surface area (Å²) in [7, 11) is 3.36. The highest BCUT2D eigenvalue weighted by atomic mass is 127. The van der Waals surface area contributed by atoms with E-state index < -0.39 is 0 Å². The lowest BCUT2D eigenvalue weighted by molar-refractivity contribution is 0.409. The minimum atomic E-state index is 0. The van der Waals surface area contributed by atoms with Crippen molar-refractivity contribution in [2.24, 2.45) is 4.99 Å². The van der Waals surface area contributed by atoms with Gasteiger partial charge in [0, 0.05) is 19.2 Å². The smallest absolute Gasteiger partial charge is 0.192 e. The van der Waals surface area contributed by atoms with Crippen molar-refractivity contribution in [1.29, 1.82) is 0 Å². The van der Waals surface area contributed by atoms with Crippen LogP contribution in [-0.2, 0) is 6.54 Å². The Morgan fingerprint density at radius 3 is 2.72 bits per heavy atom. The third kappa shape index (κ3) is 5.27. The first-order valence-electron chi connectivity index (χ1n) is 5.31. The number of ether oxygens (including phenoxy) is 1. The quantitative estimate of drug-likeness (QED) is 0.372. The molecule has 1 rings (SSSR count). The van der Waals surface area contributed by atoms with Crippen LogP contribution in [0.4, 0.5) is 0 Å². The molecule has 0 atom stereocenters. The van der Waals surface area contributed by atoms with Gasteiger partial charge in [-0.1, -0.05) is 24.1 Å². The molecule has 0 aliphatic heterocycles. The summed E-state index contributed by atoms with van der Waals surface area (Å²) in [5, 5.41) is 6.15. The molecule has 0 amide bonds. The lowest BCUT2D eigenvalue weighted by Crippen LogP contribution is -2.36. The molecule has 0 fully saturated rings. The molecule has 1 aromatic rings. The number of aliphatic imine (C=N–C) groups is 1. The minimum Gasteiger partial charge on any atom is -0.496 e. The van der Waals surface area contributed by atoms with Gasteiger partial charge in [-0.05, 0) is 6.07 Å². The summed E-state index contributed by atoms with van der Waals surface area (Å²) in [6, 6.07) is 7.83. The van der Waals surface area contributed by atoms with Gasteiger partial charge in [0.1, 0.15) is 5.75 Å². The summed E-state index contributed by atoms with van der Waals surface area (Å²) in [5.41, 5.74) is 1.07. The second kappa shape index (κ2) is 9.59. The lowest BCUT2D eigenvalue weighted by Gasteiger charge is -2.12. The predicted molar refractivity (Wildman–Crippen MR) is 85.4 cm³/mol. The molecule has 0 bridgehead atoms. The molecular formula is C13H18IN3O. The fourth-order valence-electron chi connectivity index (χ4n) is 1.38. The fraction of sp³-hybridized carbons (Fsp3) is 0.308. The summed E-state index contributed by atoms with van der Waals surface area (Å²) in [6.45, 7) is 1.08. The zero-order chi connectivity index (χ0) is 12.5. The van der Waals surface area contributed by atoms with Crippen LogP contribution in [0, 0.1) is 12.3 Å². The first kappa shape index (κ1) is 16.6. The van der Waals surface area contributed by atoms with Crippen molar-refractivity contribution in [1.82, 2.24) is 10.6 Å². The van der Waals surface area contributed by atoms with E-state index in [1.165, 1.54) is 0 Å². The molecule has 5 heteroatoms. The van der Waals surface area contributed by atoms with Crippen molar-refractivity contribution < 1.29 is 4.74 Å². The molecule has 4 nitrogen and oxygen atoms in total. The SMILES string of the molecule is C#CCNC(=NC)NCc1ccccc1OC.I. The highest BCUT2D eigenvalue weighted by molar-refractivity contribution is 14.0. The molecule has 0 aliphatic carbocycles. The first-order valence-corrected chi connectivity index (χ1v) is 5.31. The predicted octanol–water partition coefficient (Wildman–Crippen LogP) is 1.61. The van der Waals surface area contributed by atoms with Crippen molar-refractivity contribution in [2.45, 2.75) is 6.54 Å². The van der Waals surface area contributed by atoms with Crippen molar-refractivity contribution in [3.8, 4) is 18.1 Å². The highest BCUT2D eigenvalue weighted by Gasteiger charge is 2.02. The van der Waals surface area contributed by atoms with Crippen LogP contribution in [0.1, 0.15) is 5.56 Å². The first-order chi connectivity index (χ1) is 8.31. The number of nitrogens with one attached hydrogen (secondary N) is 2. The molecule has 0 saturated heterocycles. The highest BCUT2D eigenvalue weighted by Crippen LogP contribution is 2.16. The molecule has 18 heavy (non-hydrogen) atoms. The number of para-hydroxylation sites is 1. The van der Waals surface area contributed by atoms with E-state index in [-0.39, 0.29) is 24.0 Å². The number of methoxy groups -OCH3 is 1. The van der Waals surface area contributed by atoms with E-state index in [4.69, 9.17) is 11.2 Å². The van der Waals surface area contributed by atoms with E-state index in [0.29, 0.717) is 19.0 Å². The van der Waals surface area contributed by atoms with Gasteiger partial charge in [-0.2, -0.15) is 0 Å². The maximum Gasteiger partial charge on any atom is 0.192 e. The van der Waals surface area contributed by atoms with Gasteiger partial charge in [-0.3, -0.25) is 4.99 Å². The van der Waals surface area contributed by atoms with Crippen LogP contribution in [-0.4, -0.2) is 26.7 Å². The zero-order valence-corrected chi connectivity index (χ0v) is 12.9. The standard InChI is InChI=1S/C13H17N3O.HI/c1-4-9-15-13(14-2)16-10-11-7-5-6-8-12(11)17-3;/h1,5-8H,9-10H2,2-3H3,(H2,14,15,16);1H. The van der Waals surface area contributed by atoms with Crippen LogP contribution in [0.15, 0.2) is 29.3 Å². The summed E-state index contributed by atoms with van der Waals surface area (Å²) in [4.78, 5) is 4.05. The molecule has 0 aromatic heterocycles. The van der Waals surface area contributed by atoms with E-state index in [1.54, 1.807) is 14.2 Å². The molecule has 0 unspecified atom stereocenters. The Labute approximate surface area is 125 Å². The van der Waals surface area contributed by atoms with Crippen LogP contribution in [0.25, 0.3) is 0 Å². The van der Waals surface area contributed by atoms with E-state index in [2.05, 4.69) is 21.5 Å². The van der Waals surface area contributed by atoms with E-state index in [9.17, 15) is 0 Å². The molecular weight excluding hydrogens is 341 g/mol. The number of nitrogens with zero attached hydrogens (tertiary/aromatic N) is 1. The maximum atomic E-state index is 5.26. The Hall–Kier alpha value is -1.42. The molecule has 0 aliphatic rings. The second-order valence-electron chi connectivity index (χ2n) is 3.30. The van der Waals surface area contributed by atoms with Gasteiger partial charge in [0.15, 0.2) is 5.96 Å². The van der Waals surface area contributed by atoms with Crippen LogP contribution in [0.3, 0.4) is 0 Å². The van der Waals surface area contributed by atoms with E-state index in [0.717, 1.165) is 11.3 Å². The average molecular weight is 359 g/mol. The summed E-state index contributed by atoms with van der Waals surface area (Å²) in [6.07, 6.45) is 5.17. The van der Waals surface area contributed by atoms with Crippen molar-refractivity contribution in [3.63, 3.8) is 0 Å². The topological polar surface area (TPSA) is 45.7 Å². The van der Waals surface area contributed by atoms with Crippen molar-refractivity contribution in [2.75, 3.05) is 20.7 Å². The van der Waals surface area contributed by atoms with Crippen LogP contribution in [0.2, 0.25) is 0 Å². The van der Waals surface area contributed by atoms with Gasteiger partial charge in [-0.15, -0.1) is 30.4 Å². The molecule has 2 N–H and O–H groups in total. The summed E-state index contributed by atoms with van der Waals surface area (Å²) >= 11 is 0. The average Bonchev–Trinajstić information content (AvgIpc) is 2.39. The van der Waals surface area contributed by atoms with Gasteiger partial charge in [0.2, 0.25) is 0 Å². The minimum absolute atomic E-state index is 0. The monoisotopic (exact) mass is 359 g/mol. The molecule has 0 radical (unpaired) electrons.